The molecule has 2 rings (SSSR count). The van der Waals surface area contributed by atoms with E-state index in [4.69, 9.17) is 16.3 Å². The largest absolute Gasteiger partial charge is 0.481 e. The minimum atomic E-state index is -0.658. The second kappa shape index (κ2) is 8.17. The highest BCUT2D eigenvalue weighted by atomic mass is 35.5. The van der Waals surface area contributed by atoms with E-state index in [1.54, 1.807) is 37.3 Å². The lowest BCUT2D eigenvalue weighted by Crippen LogP contribution is -2.30. The summed E-state index contributed by atoms with van der Waals surface area (Å²) in [6.45, 7) is 5.31. The molecule has 116 valence electrons. The fourth-order valence-corrected chi connectivity index (χ4v) is 3.07. The number of anilines is 1. The van der Waals surface area contributed by atoms with Crippen LogP contribution >= 0.6 is 34.7 Å². The van der Waals surface area contributed by atoms with Gasteiger partial charge in [-0.3, -0.25) is 10.1 Å². The summed E-state index contributed by atoms with van der Waals surface area (Å²) in [5.41, 5.74) is 0. The molecule has 0 aliphatic heterocycles. The zero-order valence-corrected chi connectivity index (χ0v) is 14.2. The summed E-state index contributed by atoms with van der Waals surface area (Å²) >= 11 is 8.63. The number of hydrogen-bond donors (Lipinski definition) is 1. The molecule has 5 nitrogen and oxygen atoms in total. The first-order valence-electron chi connectivity index (χ1n) is 6.39. The Kier molecular flexibility index (Phi) is 6.23. The minimum Gasteiger partial charge on any atom is -0.481 e. The lowest BCUT2D eigenvalue weighted by Gasteiger charge is -2.13. The summed E-state index contributed by atoms with van der Waals surface area (Å²) in [5.74, 6) is 1.04. The highest BCUT2D eigenvalue weighted by Gasteiger charge is 2.17. The quantitative estimate of drug-likeness (QED) is 0.464. The molecule has 8 heteroatoms. The van der Waals surface area contributed by atoms with Gasteiger partial charge in [0.1, 0.15) is 5.75 Å². The Morgan fingerprint density at radius 3 is 2.91 bits per heavy atom. The highest BCUT2D eigenvalue weighted by Crippen LogP contribution is 2.25. The van der Waals surface area contributed by atoms with Crippen molar-refractivity contribution in [3.8, 4) is 5.75 Å². The number of aromatic nitrogens is 2. The third-order valence-electron chi connectivity index (χ3n) is 2.46. The molecule has 0 fully saturated rings. The molecule has 1 atom stereocenters. The maximum Gasteiger partial charge on any atom is 0.266 e. The maximum absolute atomic E-state index is 12.1. The second-order valence-corrected chi connectivity index (χ2v) is 6.86. The summed E-state index contributed by atoms with van der Waals surface area (Å²) < 4.78 is 6.32. The zero-order valence-electron chi connectivity index (χ0n) is 11.8. The number of halogens is 1. The number of nitrogens with one attached hydrogen (secondary N) is 1. The number of nitrogens with zero attached hydrogens (tertiary/aromatic N) is 2. The molecule has 1 heterocycles. The Labute approximate surface area is 141 Å². The Balaban J connectivity index is 1.89. The van der Waals surface area contributed by atoms with E-state index in [1.807, 2.05) is 0 Å². The topological polar surface area (TPSA) is 64.1 Å². The van der Waals surface area contributed by atoms with Crippen molar-refractivity contribution in [3.63, 3.8) is 0 Å². The second-order valence-electron chi connectivity index (χ2n) is 4.18. The third-order valence-corrected chi connectivity index (χ3v) is 4.68. The van der Waals surface area contributed by atoms with Gasteiger partial charge in [-0.2, -0.15) is 0 Å². The number of amides is 1. The molecule has 1 N–H and O–H groups in total. The van der Waals surface area contributed by atoms with Crippen molar-refractivity contribution in [2.75, 3.05) is 11.1 Å². The summed E-state index contributed by atoms with van der Waals surface area (Å²) in [4.78, 5) is 12.1. The number of carbonyl (C=O) groups excluding carboxylic acids is 1. The van der Waals surface area contributed by atoms with Gasteiger partial charge >= 0.3 is 0 Å². The van der Waals surface area contributed by atoms with E-state index >= 15 is 0 Å². The van der Waals surface area contributed by atoms with Gasteiger partial charge in [-0.05, 0) is 31.2 Å². The van der Waals surface area contributed by atoms with Crippen molar-refractivity contribution < 1.29 is 9.53 Å². The number of thioether (sulfide) groups is 1. The normalized spacial score (nSPS) is 11.7. The van der Waals surface area contributed by atoms with Crippen molar-refractivity contribution in [2.24, 2.45) is 0 Å². The third kappa shape index (κ3) is 5.01. The van der Waals surface area contributed by atoms with Gasteiger partial charge in [-0.15, -0.1) is 16.8 Å². The molecule has 1 aromatic carbocycles. The number of carbonyl (C=O) groups is 1. The van der Waals surface area contributed by atoms with E-state index in [0.29, 0.717) is 15.9 Å². The molecule has 0 aliphatic carbocycles. The number of benzene rings is 1. The average Bonchev–Trinajstić information content (AvgIpc) is 2.95. The Bertz CT molecular complexity index is 646. The zero-order chi connectivity index (χ0) is 15.9. The van der Waals surface area contributed by atoms with Crippen LogP contribution in [0.5, 0.6) is 5.75 Å². The van der Waals surface area contributed by atoms with Crippen molar-refractivity contribution in [1.29, 1.82) is 0 Å². The van der Waals surface area contributed by atoms with Gasteiger partial charge in [0.2, 0.25) is 5.13 Å². The van der Waals surface area contributed by atoms with Crippen LogP contribution in [0.1, 0.15) is 6.92 Å². The molecule has 0 aliphatic rings. The molecule has 0 spiro atoms. The fraction of sp³-hybridized carbons (Fsp3) is 0.214. The molecular formula is C14H14ClN3O2S2. The molecule has 2 aromatic rings. The smallest absolute Gasteiger partial charge is 0.266 e. The van der Waals surface area contributed by atoms with Crippen LogP contribution in [-0.2, 0) is 4.79 Å². The van der Waals surface area contributed by atoms with Crippen molar-refractivity contribution in [2.45, 2.75) is 17.4 Å². The fourth-order valence-electron chi connectivity index (χ4n) is 1.43. The Morgan fingerprint density at radius 2 is 2.23 bits per heavy atom. The van der Waals surface area contributed by atoms with Gasteiger partial charge in [0, 0.05) is 10.8 Å². The van der Waals surface area contributed by atoms with Crippen LogP contribution in [0, 0.1) is 0 Å². The van der Waals surface area contributed by atoms with Crippen LogP contribution in [0.15, 0.2) is 41.3 Å². The standard InChI is InChI=1S/C14H14ClN3O2S2/c1-3-8-21-14-18-17-13(22-14)16-12(19)9(2)20-11-6-4-10(15)5-7-11/h3-7,9H,1,8H2,2H3,(H,16,17,19)/t9-/m0/s1. The van der Waals surface area contributed by atoms with E-state index < -0.39 is 6.10 Å². The van der Waals surface area contributed by atoms with Gasteiger partial charge in [0.05, 0.1) is 0 Å². The first-order chi connectivity index (χ1) is 10.6. The SMILES string of the molecule is C=CCSc1nnc(NC(=O)[C@H](C)Oc2ccc(Cl)cc2)s1. The molecular weight excluding hydrogens is 342 g/mol. The predicted molar refractivity (Wildman–Crippen MR) is 91.0 cm³/mol. The van der Waals surface area contributed by atoms with E-state index in [1.165, 1.54) is 23.1 Å². The van der Waals surface area contributed by atoms with Crippen LogP contribution in [0.25, 0.3) is 0 Å². The molecule has 1 aromatic heterocycles. The van der Waals surface area contributed by atoms with E-state index in [0.717, 1.165) is 10.1 Å². The molecule has 22 heavy (non-hydrogen) atoms. The number of ether oxygens (including phenoxy) is 1. The first-order valence-corrected chi connectivity index (χ1v) is 8.57. The van der Waals surface area contributed by atoms with E-state index in [2.05, 4.69) is 22.1 Å². The Hall–Kier alpha value is -1.57. The monoisotopic (exact) mass is 355 g/mol. The first kappa shape index (κ1) is 16.8. The molecule has 0 unspecified atom stereocenters. The lowest BCUT2D eigenvalue weighted by molar-refractivity contribution is -0.122. The van der Waals surface area contributed by atoms with Crippen molar-refractivity contribution in [1.82, 2.24) is 10.2 Å². The molecule has 0 radical (unpaired) electrons. The summed E-state index contributed by atoms with van der Waals surface area (Å²) in [5, 5.41) is 11.6. The van der Waals surface area contributed by atoms with Gasteiger partial charge < -0.3 is 4.74 Å². The van der Waals surface area contributed by atoms with Gasteiger partial charge in [-0.1, -0.05) is 40.8 Å². The summed E-state index contributed by atoms with van der Waals surface area (Å²) in [7, 11) is 0. The molecule has 0 saturated heterocycles. The van der Waals surface area contributed by atoms with Gasteiger partial charge in [-0.25, -0.2) is 0 Å². The summed E-state index contributed by atoms with van der Waals surface area (Å²) in [6, 6.07) is 6.83. The number of rotatable bonds is 7. The van der Waals surface area contributed by atoms with Crippen LogP contribution < -0.4 is 10.1 Å². The van der Waals surface area contributed by atoms with E-state index in [9.17, 15) is 4.79 Å². The lowest BCUT2D eigenvalue weighted by atomic mass is 10.3. The van der Waals surface area contributed by atoms with Crippen LogP contribution in [-0.4, -0.2) is 28.0 Å². The Morgan fingerprint density at radius 1 is 1.50 bits per heavy atom. The summed E-state index contributed by atoms with van der Waals surface area (Å²) in [6.07, 6.45) is 1.13. The molecule has 0 saturated carbocycles. The average molecular weight is 356 g/mol. The van der Waals surface area contributed by atoms with Crippen molar-refractivity contribution in [3.05, 3.63) is 41.9 Å². The molecule has 0 bridgehead atoms. The van der Waals surface area contributed by atoms with E-state index in [-0.39, 0.29) is 5.91 Å². The highest BCUT2D eigenvalue weighted by molar-refractivity contribution is 8.01. The molecule has 1 amide bonds. The maximum atomic E-state index is 12.1. The van der Waals surface area contributed by atoms with Crippen LogP contribution in [0.3, 0.4) is 0 Å². The van der Waals surface area contributed by atoms with Crippen molar-refractivity contribution >= 4 is 45.7 Å². The van der Waals surface area contributed by atoms with Gasteiger partial charge in [0.25, 0.3) is 5.91 Å². The predicted octanol–water partition coefficient (Wildman–Crippen LogP) is 3.88. The number of hydrogen-bond acceptors (Lipinski definition) is 6. The van der Waals surface area contributed by atoms with Crippen LogP contribution in [0.4, 0.5) is 5.13 Å². The van der Waals surface area contributed by atoms with Crippen LogP contribution in [0.2, 0.25) is 5.02 Å². The minimum absolute atomic E-state index is 0.286. The van der Waals surface area contributed by atoms with Gasteiger partial charge in [0.15, 0.2) is 10.4 Å².